The number of nitrogen functional groups attached to an aromatic ring is 1. The molecule has 1 aromatic carbocycles. The van der Waals surface area contributed by atoms with Crippen LogP contribution in [0.5, 0.6) is 0 Å². The molecule has 0 bridgehead atoms. The minimum atomic E-state index is -0.0542. The zero-order valence-corrected chi connectivity index (χ0v) is 11.4. The highest BCUT2D eigenvalue weighted by Crippen LogP contribution is 2.25. The Balaban J connectivity index is 2.03. The minimum absolute atomic E-state index is 0.0542. The van der Waals surface area contributed by atoms with Crippen molar-refractivity contribution in [2.75, 3.05) is 17.6 Å². The van der Waals surface area contributed by atoms with Crippen LogP contribution in [-0.4, -0.2) is 17.3 Å². The lowest BCUT2D eigenvalue weighted by Gasteiger charge is -2.18. The Kier molecular flexibility index (Phi) is 3.14. The molecule has 20 heavy (non-hydrogen) atoms. The normalized spacial score (nSPS) is 13.4. The smallest absolute Gasteiger partial charge is 0.197 e. The van der Waals surface area contributed by atoms with E-state index in [1.54, 1.807) is 6.20 Å². The van der Waals surface area contributed by atoms with E-state index in [1.807, 2.05) is 31.2 Å². The Morgan fingerprint density at radius 1 is 1.35 bits per heavy atom. The number of rotatable bonds is 2. The van der Waals surface area contributed by atoms with Crippen molar-refractivity contribution in [3.63, 3.8) is 0 Å². The summed E-state index contributed by atoms with van der Waals surface area (Å²) in [6.45, 7) is 2.88. The number of nitrogens with zero attached hydrogens (tertiary/aromatic N) is 1. The summed E-state index contributed by atoms with van der Waals surface area (Å²) in [5.74, 6) is 0.243. The van der Waals surface area contributed by atoms with Crippen LogP contribution in [0.1, 0.15) is 33.5 Å². The summed E-state index contributed by atoms with van der Waals surface area (Å²) < 4.78 is 0. The van der Waals surface area contributed by atoms with Gasteiger partial charge in [0.05, 0.1) is 5.56 Å². The first-order valence-electron chi connectivity index (χ1n) is 6.79. The van der Waals surface area contributed by atoms with Crippen molar-refractivity contribution in [2.45, 2.75) is 19.8 Å². The van der Waals surface area contributed by atoms with Gasteiger partial charge in [-0.25, -0.2) is 4.98 Å². The van der Waals surface area contributed by atoms with Gasteiger partial charge in [-0.05, 0) is 55.2 Å². The second kappa shape index (κ2) is 4.96. The highest BCUT2D eigenvalue weighted by Gasteiger charge is 2.18. The molecule has 1 aliphatic heterocycles. The molecule has 3 rings (SSSR count). The summed E-state index contributed by atoms with van der Waals surface area (Å²) in [5.41, 5.74) is 10.2. The van der Waals surface area contributed by atoms with E-state index >= 15 is 0 Å². The Labute approximate surface area is 118 Å². The zero-order valence-electron chi connectivity index (χ0n) is 11.4. The van der Waals surface area contributed by atoms with Crippen LogP contribution in [-0.2, 0) is 6.42 Å². The van der Waals surface area contributed by atoms with Gasteiger partial charge >= 0.3 is 0 Å². The van der Waals surface area contributed by atoms with E-state index in [0.29, 0.717) is 16.9 Å². The van der Waals surface area contributed by atoms with Crippen LogP contribution < -0.4 is 11.1 Å². The predicted octanol–water partition coefficient (Wildman–Crippen LogP) is 2.56. The summed E-state index contributed by atoms with van der Waals surface area (Å²) in [5, 5.41) is 3.34. The number of benzene rings is 1. The molecule has 0 amide bonds. The fourth-order valence-corrected chi connectivity index (χ4v) is 2.64. The molecule has 0 spiro atoms. The first-order chi connectivity index (χ1) is 9.66. The first kappa shape index (κ1) is 12.7. The van der Waals surface area contributed by atoms with Crippen molar-refractivity contribution in [1.29, 1.82) is 0 Å². The van der Waals surface area contributed by atoms with Gasteiger partial charge < -0.3 is 11.1 Å². The lowest BCUT2D eigenvalue weighted by Crippen LogP contribution is -2.14. The molecule has 2 aromatic rings. The maximum atomic E-state index is 12.6. The number of pyridine rings is 1. The Hall–Kier alpha value is -2.36. The average Bonchev–Trinajstić information content (AvgIpc) is 2.46. The van der Waals surface area contributed by atoms with Gasteiger partial charge in [0.1, 0.15) is 5.82 Å². The second-order valence-electron chi connectivity index (χ2n) is 5.12. The molecule has 0 atom stereocenters. The van der Waals surface area contributed by atoms with Crippen LogP contribution in [0.15, 0.2) is 30.5 Å². The number of carbonyl (C=O) groups is 1. The summed E-state index contributed by atoms with van der Waals surface area (Å²) >= 11 is 0. The molecular weight excluding hydrogens is 250 g/mol. The van der Waals surface area contributed by atoms with Crippen molar-refractivity contribution in [3.8, 4) is 0 Å². The van der Waals surface area contributed by atoms with E-state index in [9.17, 15) is 4.79 Å². The fraction of sp³-hybridized carbons (Fsp3) is 0.250. The topological polar surface area (TPSA) is 68.0 Å². The monoisotopic (exact) mass is 267 g/mol. The number of carbonyl (C=O) groups excluding carboxylic acids is 1. The molecular formula is C16H17N3O. The predicted molar refractivity (Wildman–Crippen MR) is 80.1 cm³/mol. The molecule has 1 aliphatic rings. The van der Waals surface area contributed by atoms with E-state index < -0.39 is 0 Å². The molecule has 3 N–H and O–H groups in total. The Bertz CT molecular complexity index is 659. The third-order valence-corrected chi connectivity index (χ3v) is 3.72. The molecule has 0 saturated heterocycles. The highest BCUT2D eigenvalue weighted by atomic mass is 16.1. The summed E-state index contributed by atoms with van der Waals surface area (Å²) in [7, 11) is 0. The van der Waals surface area contributed by atoms with Crippen molar-refractivity contribution >= 4 is 17.3 Å². The largest absolute Gasteiger partial charge is 0.385 e. The molecule has 0 saturated carbocycles. The number of nitrogens with one attached hydrogen (secondary N) is 1. The SMILES string of the molecule is Cc1ccnc(N)c1C(=O)c1ccc2c(c1)CCCN2. The third-order valence-electron chi connectivity index (χ3n) is 3.72. The van der Waals surface area contributed by atoms with Crippen LogP contribution in [0.4, 0.5) is 11.5 Å². The number of fused-ring (bicyclic) bond motifs is 1. The Morgan fingerprint density at radius 2 is 2.20 bits per heavy atom. The zero-order chi connectivity index (χ0) is 14.1. The van der Waals surface area contributed by atoms with E-state index in [0.717, 1.165) is 30.6 Å². The van der Waals surface area contributed by atoms with Crippen LogP contribution in [0.2, 0.25) is 0 Å². The fourth-order valence-electron chi connectivity index (χ4n) is 2.64. The summed E-state index contributed by atoms with van der Waals surface area (Å²) in [6.07, 6.45) is 3.72. The van der Waals surface area contributed by atoms with Crippen LogP contribution >= 0.6 is 0 Å². The van der Waals surface area contributed by atoms with E-state index in [-0.39, 0.29) is 5.78 Å². The van der Waals surface area contributed by atoms with E-state index in [2.05, 4.69) is 10.3 Å². The number of aromatic nitrogens is 1. The quantitative estimate of drug-likeness (QED) is 0.821. The molecule has 4 nitrogen and oxygen atoms in total. The van der Waals surface area contributed by atoms with E-state index in [1.165, 1.54) is 5.56 Å². The van der Waals surface area contributed by atoms with Gasteiger partial charge in [-0.1, -0.05) is 0 Å². The van der Waals surface area contributed by atoms with Gasteiger partial charge in [-0.2, -0.15) is 0 Å². The summed E-state index contributed by atoms with van der Waals surface area (Å²) in [6, 6.07) is 7.61. The van der Waals surface area contributed by atoms with Crippen molar-refractivity contribution in [1.82, 2.24) is 4.98 Å². The minimum Gasteiger partial charge on any atom is -0.385 e. The number of aryl methyl sites for hydroxylation is 2. The molecule has 4 heteroatoms. The molecule has 0 radical (unpaired) electrons. The molecule has 0 aliphatic carbocycles. The maximum absolute atomic E-state index is 12.6. The number of hydrogen-bond acceptors (Lipinski definition) is 4. The van der Waals surface area contributed by atoms with Gasteiger partial charge in [-0.15, -0.1) is 0 Å². The number of anilines is 2. The number of ketones is 1. The molecule has 2 heterocycles. The van der Waals surface area contributed by atoms with Gasteiger partial charge in [-0.3, -0.25) is 4.79 Å². The van der Waals surface area contributed by atoms with Crippen molar-refractivity contribution < 1.29 is 4.79 Å². The number of nitrogens with two attached hydrogens (primary N) is 1. The van der Waals surface area contributed by atoms with Gasteiger partial charge in [0, 0.05) is 24.0 Å². The van der Waals surface area contributed by atoms with Gasteiger partial charge in [0.25, 0.3) is 0 Å². The lowest BCUT2D eigenvalue weighted by molar-refractivity contribution is 0.103. The maximum Gasteiger partial charge on any atom is 0.197 e. The molecule has 0 fully saturated rings. The number of hydrogen-bond donors (Lipinski definition) is 2. The molecule has 102 valence electrons. The lowest BCUT2D eigenvalue weighted by atomic mass is 9.95. The standard InChI is InChI=1S/C16H17N3O/c1-10-6-8-19-16(17)14(10)15(20)12-4-5-13-11(9-12)3-2-7-18-13/h4-6,8-9,18H,2-3,7H2,1H3,(H2,17,19). The summed E-state index contributed by atoms with van der Waals surface area (Å²) in [4.78, 5) is 16.7. The van der Waals surface area contributed by atoms with E-state index in [4.69, 9.17) is 5.73 Å². The van der Waals surface area contributed by atoms with Crippen molar-refractivity contribution in [2.24, 2.45) is 0 Å². The molecule has 0 unspecified atom stereocenters. The van der Waals surface area contributed by atoms with Gasteiger partial charge in [0.15, 0.2) is 5.78 Å². The van der Waals surface area contributed by atoms with Crippen LogP contribution in [0.3, 0.4) is 0 Å². The van der Waals surface area contributed by atoms with Gasteiger partial charge in [0.2, 0.25) is 0 Å². The second-order valence-corrected chi connectivity index (χ2v) is 5.12. The van der Waals surface area contributed by atoms with Crippen LogP contribution in [0.25, 0.3) is 0 Å². The van der Waals surface area contributed by atoms with Crippen LogP contribution in [0, 0.1) is 6.92 Å². The Morgan fingerprint density at radius 3 is 3.00 bits per heavy atom. The highest BCUT2D eigenvalue weighted by molar-refractivity contribution is 6.12. The first-order valence-corrected chi connectivity index (χ1v) is 6.79. The average molecular weight is 267 g/mol. The molecule has 1 aromatic heterocycles. The third kappa shape index (κ3) is 2.13. The van der Waals surface area contributed by atoms with Crippen molar-refractivity contribution in [3.05, 3.63) is 52.7 Å².